The molecule has 0 radical (unpaired) electrons. The van der Waals surface area contributed by atoms with Crippen molar-refractivity contribution >= 4 is 11.6 Å². The van der Waals surface area contributed by atoms with Crippen LogP contribution in [0.15, 0.2) is 18.2 Å². The van der Waals surface area contributed by atoms with Crippen LogP contribution in [0.3, 0.4) is 0 Å². The van der Waals surface area contributed by atoms with Crippen molar-refractivity contribution in [1.29, 1.82) is 0 Å². The van der Waals surface area contributed by atoms with E-state index >= 15 is 0 Å². The third kappa shape index (κ3) is 3.89. The van der Waals surface area contributed by atoms with Crippen LogP contribution in [0, 0.1) is 17.7 Å². The first-order valence-corrected chi connectivity index (χ1v) is 7.36. The Morgan fingerprint density at radius 3 is 2.57 bits per heavy atom. The van der Waals surface area contributed by atoms with Crippen LogP contribution >= 0.6 is 11.6 Å². The normalized spacial score (nSPS) is 24.9. The molecule has 3 atom stereocenters. The summed E-state index contributed by atoms with van der Waals surface area (Å²) in [6, 6.07) is 4.33. The predicted octanol–water partition coefficient (Wildman–Crippen LogP) is 4.75. The lowest BCUT2D eigenvalue weighted by atomic mass is 9.74. The summed E-state index contributed by atoms with van der Waals surface area (Å²) in [6.07, 6.45) is -4.17. The first-order valence-electron chi connectivity index (χ1n) is 6.98. The number of aliphatic hydroxyl groups excluding tert-OH is 1. The molecule has 6 heteroatoms. The van der Waals surface area contributed by atoms with Gasteiger partial charge in [0, 0.05) is 6.42 Å². The van der Waals surface area contributed by atoms with E-state index in [4.69, 9.17) is 11.6 Å². The predicted molar refractivity (Wildman–Crippen MR) is 72.6 cm³/mol. The fraction of sp³-hybridized carbons (Fsp3) is 0.600. The van der Waals surface area contributed by atoms with Crippen molar-refractivity contribution in [3.8, 4) is 0 Å². The molecule has 21 heavy (non-hydrogen) atoms. The fourth-order valence-corrected chi connectivity index (χ4v) is 3.30. The molecule has 0 aliphatic heterocycles. The molecular weight excluding hydrogens is 308 g/mol. The molecule has 2 rings (SSSR count). The van der Waals surface area contributed by atoms with Gasteiger partial charge in [0.15, 0.2) is 0 Å². The second kappa shape index (κ2) is 6.53. The van der Waals surface area contributed by atoms with Gasteiger partial charge in [-0.3, -0.25) is 0 Å². The van der Waals surface area contributed by atoms with Crippen LogP contribution in [0.4, 0.5) is 17.6 Å². The topological polar surface area (TPSA) is 20.2 Å². The van der Waals surface area contributed by atoms with E-state index in [-0.39, 0.29) is 23.4 Å². The molecule has 1 aromatic carbocycles. The number of alkyl halides is 3. The molecule has 0 saturated heterocycles. The average molecular weight is 325 g/mol. The zero-order chi connectivity index (χ0) is 15.6. The van der Waals surface area contributed by atoms with Gasteiger partial charge in [0.05, 0.1) is 17.0 Å². The van der Waals surface area contributed by atoms with Crippen molar-refractivity contribution in [1.82, 2.24) is 0 Å². The largest absolute Gasteiger partial charge is 0.392 e. The summed E-state index contributed by atoms with van der Waals surface area (Å²) in [7, 11) is 0. The Kier molecular flexibility index (Phi) is 5.15. The summed E-state index contributed by atoms with van der Waals surface area (Å²) in [4.78, 5) is 0. The third-order valence-electron chi connectivity index (χ3n) is 4.19. The molecule has 118 valence electrons. The van der Waals surface area contributed by atoms with Crippen molar-refractivity contribution in [2.24, 2.45) is 11.8 Å². The SMILES string of the molecule is OC(Cc1cccc(Cl)c1F)C1CCCCC1C(F)(F)F. The summed E-state index contributed by atoms with van der Waals surface area (Å²) in [5.74, 6) is -3.06. The van der Waals surface area contributed by atoms with Crippen LogP contribution in [-0.4, -0.2) is 17.4 Å². The van der Waals surface area contributed by atoms with E-state index in [1.807, 2.05) is 0 Å². The Bertz CT molecular complexity index is 489. The maximum Gasteiger partial charge on any atom is 0.392 e. The maximum atomic E-state index is 13.8. The first kappa shape index (κ1) is 16.6. The summed E-state index contributed by atoms with van der Waals surface area (Å²) in [6.45, 7) is 0. The molecule has 1 N–H and O–H groups in total. The summed E-state index contributed by atoms with van der Waals surface area (Å²) in [5, 5.41) is 10.1. The smallest absolute Gasteiger partial charge is 0.392 e. The van der Waals surface area contributed by atoms with E-state index in [1.165, 1.54) is 18.2 Å². The monoisotopic (exact) mass is 324 g/mol. The van der Waals surface area contributed by atoms with Gasteiger partial charge in [0.2, 0.25) is 0 Å². The molecule has 0 bridgehead atoms. The molecule has 3 unspecified atom stereocenters. The summed E-state index contributed by atoms with van der Waals surface area (Å²) in [5.41, 5.74) is 0.154. The Morgan fingerprint density at radius 2 is 1.90 bits per heavy atom. The fourth-order valence-electron chi connectivity index (χ4n) is 3.11. The summed E-state index contributed by atoms with van der Waals surface area (Å²) >= 11 is 5.65. The van der Waals surface area contributed by atoms with Gasteiger partial charge >= 0.3 is 6.18 Å². The quantitative estimate of drug-likeness (QED) is 0.795. The number of rotatable bonds is 3. The second-order valence-corrected chi connectivity index (χ2v) is 5.99. The van der Waals surface area contributed by atoms with Gasteiger partial charge in [-0.05, 0) is 30.4 Å². The van der Waals surface area contributed by atoms with Gasteiger partial charge in [-0.1, -0.05) is 36.6 Å². The highest BCUT2D eigenvalue weighted by molar-refractivity contribution is 6.30. The first-order chi connectivity index (χ1) is 9.80. The zero-order valence-corrected chi connectivity index (χ0v) is 12.1. The Hall–Kier alpha value is -0.810. The van der Waals surface area contributed by atoms with Gasteiger partial charge in [0.25, 0.3) is 0 Å². The lowest BCUT2D eigenvalue weighted by Gasteiger charge is -2.36. The van der Waals surface area contributed by atoms with Crippen LogP contribution in [0.5, 0.6) is 0 Å². The third-order valence-corrected chi connectivity index (χ3v) is 4.49. The van der Waals surface area contributed by atoms with E-state index < -0.39 is 29.9 Å². The molecule has 1 aliphatic carbocycles. The Balaban J connectivity index is 2.14. The van der Waals surface area contributed by atoms with Crippen LogP contribution in [-0.2, 0) is 6.42 Å². The summed E-state index contributed by atoms with van der Waals surface area (Å²) < 4.78 is 52.9. The lowest BCUT2D eigenvalue weighted by Crippen LogP contribution is -2.40. The van der Waals surface area contributed by atoms with Gasteiger partial charge < -0.3 is 5.11 Å². The number of halogens is 5. The molecular formula is C15H17ClF4O. The molecule has 1 fully saturated rings. The number of hydrogen-bond donors (Lipinski definition) is 1. The molecule has 1 nitrogen and oxygen atoms in total. The van der Waals surface area contributed by atoms with Gasteiger partial charge in [0.1, 0.15) is 5.82 Å². The van der Waals surface area contributed by atoms with Crippen molar-refractivity contribution in [3.05, 3.63) is 34.6 Å². The van der Waals surface area contributed by atoms with Crippen molar-refractivity contribution in [2.45, 2.75) is 44.4 Å². The number of benzene rings is 1. The van der Waals surface area contributed by atoms with Crippen LogP contribution in [0.1, 0.15) is 31.2 Å². The minimum absolute atomic E-state index is 0.0310. The molecule has 1 aromatic rings. The Morgan fingerprint density at radius 1 is 1.24 bits per heavy atom. The molecule has 0 aromatic heterocycles. The standard InChI is InChI=1S/C15H17ClF4O/c16-12-7-3-4-9(14(12)17)8-13(21)10-5-1-2-6-11(10)15(18,19)20/h3-4,7,10-11,13,21H,1-2,5-6,8H2. The highest BCUT2D eigenvalue weighted by Gasteiger charge is 2.47. The van der Waals surface area contributed by atoms with Gasteiger partial charge in [-0.2, -0.15) is 13.2 Å². The van der Waals surface area contributed by atoms with E-state index in [0.717, 1.165) is 0 Å². The zero-order valence-electron chi connectivity index (χ0n) is 11.3. The molecule has 0 heterocycles. The number of hydrogen-bond acceptors (Lipinski definition) is 1. The van der Waals surface area contributed by atoms with Crippen LogP contribution in [0.2, 0.25) is 5.02 Å². The van der Waals surface area contributed by atoms with Gasteiger partial charge in [-0.15, -0.1) is 0 Å². The minimum Gasteiger partial charge on any atom is -0.392 e. The van der Waals surface area contributed by atoms with E-state index in [1.54, 1.807) is 0 Å². The van der Waals surface area contributed by atoms with Crippen LogP contribution < -0.4 is 0 Å². The van der Waals surface area contributed by atoms with Crippen molar-refractivity contribution in [2.75, 3.05) is 0 Å². The van der Waals surface area contributed by atoms with E-state index in [0.29, 0.717) is 19.3 Å². The Labute approximate surface area is 125 Å². The van der Waals surface area contributed by atoms with E-state index in [2.05, 4.69) is 0 Å². The van der Waals surface area contributed by atoms with E-state index in [9.17, 15) is 22.7 Å². The highest BCUT2D eigenvalue weighted by Crippen LogP contribution is 2.43. The van der Waals surface area contributed by atoms with Gasteiger partial charge in [-0.25, -0.2) is 4.39 Å². The lowest BCUT2D eigenvalue weighted by molar-refractivity contribution is -0.206. The molecule has 0 spiro atoms. The molecule has 1 saturated carbocycles. The second-order valence-electron chi connectivity index (χ2n) is 5.58. The van der Waals surface area contributed by atoms with Crippen molar-refractivity contribution in [3.63, 3.8) is 0 Å². The maximum absolute atomic E-state index is 13.8. The molecule has 1 aliphatic rings. The highest BCUT2D eigenvalue weighted by atomic mass is 35.5. The molecule has 0 amide bonds. The average Bonchev–Trinajstić information content (AvgIpc) is 2.43. The van der Waals surface area contributed by atoms with Crippen molar-refractivity contribution < 1.29 is 22.7 Å². The van der Waals surface area contributed by atoms with Crippen LogP contribution in [0.25, 0.3) is 0 Å². The number of aliphatic hydroxyl groups is 1. The minimum atomic E-state index is -4.32.